The van der Waals surface area contributed by atoms with Crippen molar-refractivity contribution >= 4 is 5.82 Å². The minimum Gasteiger partial charge on any atom is -0.346 e. The van der Waals surface area contributed by atoms with Crippen molar-refractivity contribution in [2.24, 2.45) is 0 Å². The van der Waals surface area contributed by atoms with Crippen LogP contribution in [0.4, 0.5) is 5.82 Å². The molecule has 0 bridgehead atoms. The van der Waals surface area contributed by atoms with E-state index < -0.39 is 0 Å². The average molecular weight is 311 g/mol. The minimum atomic E-state index is 0.329. The normalized spacial score (nSPS) is 21.0. The highest BCUT2D eigenvalue weighted by atomic mass is 15.3. The molecule has 3 heterocycles. The first-order valence-corrected chi connectivity index (χ1v) is 8.89. The molecule has 1 fully saturated rings. The van der Waals surface area contributed by atoms with Crippen LogP contribution >= 0.6 is 0 Å². The summed E-state index contributed by atoms with van der Waals surface area (Å²) in [5, 5.41) is 0. The number of nitrogens with one attached hydrogen (secondary N) is 1. The van der Waals surface area contributed by atoms with Crippen LogP contribution in [0.15, 0.2) is 12.3 Å². The van der Waals surface area contributed by atoms with Crippen molar-refractivity contribution in [3.63, 3.8) is 0 Å². The van der Waals surface area contributed by atoms with Crippen molar-refractivity contribution in [1.82, 2.24) is 19.9 Å². The number of H-pyrrole nitrogens is 1. The van der Waals surface area contributed by atoms with Crippen LogP contribution in [0.1, 0.15) is 74.5 Å². The predicted molar refractivity (Wildman–Crippen MR) is 90.7 cm³/mol. The molecule has 0 spiro atoms. The van der Waals surface area contributed by atoms with E-state index >= 15 is 0 Å². The molecule has 2 aromatic rings. The highest BCUT2D eigenvalue weighted by Gasteiger charge is 2.31. The monoisotopic (exact) mass is 311 g/mol. The molecule has 1 saturated heterocycles. The maximum Gasteiger partial charge on any atom is 0.133 e. The Morgan fingerprint density at radius 3 is 2.87 bits per heavy atom. The number of hydrogen-bond donors (Lipinski definition) is 1. The topological polar surface area (TPSA) is 57.7 Å². The second-order valence-corrected chi connectivity index (χ2v) is 7.03. The second-order valence-electron chi connectivity index (χ2n) is 7.03. The van der Waals surface area contributed by atoms with Crippen molar-refractivity contribution in [3.8, 4) is 0 Å². The van der Waals surface area contributed by atoms with Gasteiger partial charge in [-0.1, -0.05) is 13.8 Å². The van der Waals surface area contributed by atoms with E-state index in [1.54, 1.807) is 0 Å². The number of aryl methyl sites for hydroxylation is 2. The number of rotatable bonds is 3. The zero-order chi connectivity index (χ0) is 15.8. The molecule has 1 atom stereocenters. The molecular weight excluding hydrogens is 286 g/mol. The number of aromatic amines is 1. The van der Waals surface area contributed by atoms with Crippen molar-refractivity contribution in [1.29, 1.82) is 0 Å². The number of anilines is 1. The molecule has 0 radical (unpaired) electrons. The molecule has 0 amide bonds. The Morgan fingerprint density at radius 1 is 1.17 bits per heavy atom. The van der Waals surface area contributed by atoms with Gasteiger partial charge in [0, 0.05) is 24.4 Å². The van der Waals surface area contributed by atoms with E-state index in [1.165, 1.54) is 30.7 Å². The lowest BCUT2D eigenvalue weighted by Gasteiger charge is -2.24. The fraction of sp³-hybridized carbons (Fsp3) is 0.611. The molecule has 0 aromatic carbocycles. The summed E-state index contributed by atoms with van der Waals surface area (Å²) in [4.78, 5) is 20.1. The van der Waals surface area contributed by atoms with Gasteiger partial charge in [0.05, 0.1) is 11.7 Å². The first-order chi connectivity index (χ1) is 11.2. The van der Waals surface area contributed by atoms with E-state index in [1.807, 2.05) is 12.3 Å². The zero-order valence-electron chi connectivity index (χ0n) is 14.0. The fourth-order valence-corrected chi connectivity index (χ4v) is 3.76. The second kappa shape index (κ2) is 5.95. The Kier molecular flexibility index (Phi) is 3.79. The number of hydrogen-bond acceptors (Lipinski definition) is 4. The Hall–Kier alpha value is -1.91. The smallest absolute Gasteiger partial charge is 0.133 e. The van der Waals surface area contributed by atoms with E-state index in [4.69, 9.17) is 9.97 Å². The van der Waals surface area contributed by atoms with Gasteiger partial charge in [0.25, 0.3) is 0 Å². The maximum atomic E-state index is 4.93. The highest BCUT2D eigenvalue weighted by Crippen LogP contribution is 2.35. The summed E-state index contributed by atoms with van der Waals surface area (Å²) in [6, 6.07) is 2.36. The lowest BCUT2D eigenvalue weighted by molar-refractivity contribution is 0.661. The lowest BCUT2D eigenvalue weighted by atomic mass is 10.0. The van der Waals surface area contributed by atoms with Crippen LogP contribution in [0.25, 0.3) is 0 Å². The summed E-state index contributed by atoms with van der Waals surface area (Å²) >= 11 is 0. The molecule has 1 N–H and O–H groups in total. The minimum absolute atomic E-state index is 0.329. The summed E-state index contributed by atoms with van der Waals surface area (Å²) in [7, 11) is 0. The van der Waals surface area contributed by atoms with E-state index in [0.29, 0.717) is 12.0 Å². The van der Waals surface area contributed by atoms with Crippen LogP contribution in [-0.2, 0) is 12.8 Å². The number of aromatic nitrogens is 4. The first kappa shape index (κ1) is 14.7. The lowest BCUT2D eigenvalue weighted by Crippen LogP contribution is -2.25. The number of fused-ring (bicyclic) bond motifs is 1. The summed E-state index contributed by atoms with van der Waals surface area (Å²) in [6.07, 6.45) is 9.07. The SMILES string of the molecule is CC(C)c1nccc(N2CCCC2c2nc3c([nH]2)CCCC3)n1. The standard InChI is InChI=1S/C18H25N5/c1-12(2)17-19-10-9-16(22-17)23-11-5-8-15(23)18-20-13-6-3-4-7-14(13)21-18/h9-10,12,15H,3-8,11H2,1-2H3,(H,20,21). The molecule has 1 aliphatic carbocycles. The largest absolute Gasteiger partial charge is 0.346 e. The van der Waals surface area contributed by atoms with E-state index in [9.17, 15) is 0 Å². The number of imidazole rings is 1. The van der Waals surface area contributed by atoms with Crippen molar-refractivity contribution in [2.75, 3.05) is 11.4 Å². The summed E-state index contributed by atoms with van der Waals surface area (Å²) < 4.78 is 0. The molecular formula is C18H25N5. The van der Waals surface area contributed by atoms with Gasteiger partial charge in [0.2, 0.25) is 0 Å². The van der Waals surface area contributed by atoms with Crippen molar-refractivity contribution < 1.29 is 0 Å². The van der Waals surface area contributed by atoms with Crippen molar-refractivity contribution in [3.05, 3.63) is 35.3 Å². The Bertz CT molecular complexity index is 667. The van der Waals surface area contributed by atoms with E-state index in [2.05, 4.69) is 28.7 Å². The molecule has 4 rings (SSSR count). The van der Waals surface area contributed by atoms with Crippen LogP contribution in [0.5, 0.6) is 0 Å². The third kappa shape index (κ3) is 2.73. The van der Waals surface area contributed by atoms with Crippen LogP contribution in [0.3, 0.4) is 0 Å². The Balaban J connectivity index is 1.64. The van der Waals surface area contributed by atoms with Gasteiger partial charge in [0.15, 0.2) is 0 Å². The Labute approximate surface area is 137 Å². The molecule has 2 aliphatic rings. The summed E-state index contributed by atoms with van der Waals surface area (Å²) in [5.74, 6) is 3.46. The molecule has 5 nitrogen and oxygen atoms in total. The molecule has 2 aromatic heterocycles. The molecule has 1 aliphatic heterocycles. The van der Waals surface area contributed by atoms with Gasteiger partial charge in [-0.25, -0.2) is 15.0 Å². The quantitative estimate of drug-likeness (QED) is 0.942. The van der Waals surface area contributed by atoms with Gasteiger partial charge in [-0.05, 0) is 44.6 Å². The zero-order valence-corrected chi connectivity index (χ0v) is 14.0. The van der Waals surface area contributed by atoms with E-state index in [-0.39, 0.29) is 0 Å². The van der Waals surface area contributed by atoms with Gasteiger partial charge >= 0.3 is 0 Å². The number of nitrogens with zero attached hydrogens (tertiary/aromatic N) is 4. The van der Waals surface area contributed by atoms with Gasteiger partial charge in [0.1, 0.15) is 17.5 Å². The summed E-state index contributed by atoms with van der Waals surface area (Å²) in [6.45, 7) is 5.33. The first-order valence-electron chi connectivity index (χ1n) is 8.89. The highest BCUT2D eigenvalue weighted by molar-refractivity contribution is 5.42. The maximum absolute atomic E-state index is 4.93. The average Bonchev–Trinajstić information content (AvgIpc) is 3.21. The summed E-state index contributed by atoms with van der Waals surface area (Å²) in [5.41, 5.74) is 2.66. The van der Waals surface area contributed by atoms with Crippen LogP contribution in [0.2, 0.25) is 0 Å². The van der Waals surface area contributed by atoms with E-state index in [0.717, 1.165) is 43.3 Å². The molecule has 1 unspecified atom stereocenters. The van der Waals surface area contributed by atoms with Gasteiger partial charge in [-0.3, -0.25) is 0 Å². The third-order valence-electron chi connectivity index (χ3n) is 5.01. The molecule has 122 valence electrons. The molecule has 0 saturated carbocycles. The van der Waals surface area contributed by atoms with Crippen LogP contribution in [0, 0.1) is 0 Å². The van der Waals surface area contributed by atoms with Gasteiger partial charge in [-0.15, -0.1) is 0 Å². The van der Waals surface area contributed by atoms with Gasteiger partial charge in [-0.2, -0.15) is 0 Å². The van der Waals surface area contributed by atoms with Crippen molar-refractivity contribution in [2.45, 2.75) is 64.3 Å². The van der Waals surface area contributed by atoms with Crippen LogP contribution in [-0.4, -0.2) is 26.5 Å². The third-order valence-corrected chi connectivity index (χ3v) is 5.01. The fourth-order valence-electron chi connectivity index (χ4n) is 3.76. The Morgan fingerprint density at radius 2 is 2.04 bits per heavy atom. The predicted octanol–water partition coefficient (Wildman–Crippen LogP) is 3.54. The van der Waals surface area contributed by atoms with Gasteiger partial charge < -0.3 is 9.88 Å². The molecule has 5 heteroatoms. The van der Waals surface area contributed by atoms with Crippen LogP contribution < -0.4 is 4.90 Å². The molecule has 23 heavy (non-hydrogen) atoms.